The smallest absolute Gasteiger partial charge is 0.222 e. The molecule has 0 spiro atoms. The number of ether oxygens (including phenoxy) is 1. The van der Waals surface area contributed by atoms with Crippen LogP contribution in [0.25, 0.3) is 0 Å². The second-order valence-electron chi connectivity index (χ2n) is 4.68. The molecule has 1 aromatic rings. The lowest BCUT2D eigenvalue weighted by atomic mass is 10.0. The second kappa shape index (κ2) is 6.02. The van der Waals surface area contributed by atoms with Crippen molar-refractivity contribution in [3.63, 3.8) is 0 Å². The van der Waals surface area contributed by atoms with E-state index in [0.717, 1.165) is 13.1 Å². The maximum absolute atomic E-state index is 13.5. The van der Waals surface area contributed by atoms with Crippen molar-refractivity contribution < 1.29 is 19.0 Å². The third-order valence-corrected chi connectivity index (χ3v) is 3.23. The summed E-state index contributed by atoms with van der Waals surface area (Å²) in [5.41, 5.74) is 0.512. The van der Waals surface area contributed by atoms with Gasteiger partial charge in [0.2, 0.25) is 5.91 Å². The number of halogens is 1. The van der Waals surface area contributed by atoms with Gasteiger partial charge < -0.3 is 14.7 Å². The van der Waals surface area contributed by atoms with E-state index in [1.807, 2.05) is 0 Å². The molecule has 1 aromatic carbocycles. The maximum Gasteiger partial charge on any atom is 0.222 e. The quantitative estimate of drug-likeness (QED) is 0.801. The van der Waals surface area contributed by atoms with E-state index in [-0.39, 0.29) is 11.7 Å². The summed E-state index contributed by atoms with van der Waals surface area (Å²) in [5.74, 6) is -0.194. The average molecular weight is 267 g/mol. The van der Waals surface area contributed by atoms with E-state index < -0.39 is 11.9 Å². The van der Waals surface area contributed by atoms with Crippen molar-refractivity contribution in [2.24, 2.45) is 0 Å². The molecular weight excluding hydrogens is 249 g/mol. The molecule has 2 rings (SSSR count). The lowest BCUT2D eigenvalue weighted by Crippen LogP contribution is -2.10. The molecule has 1 saturated heterocycles. The SMILES string of the molecule is COc1ccc(C(O)CCCC(=O)N2CC2)cc1F. The fourth-order valence-corrected chi connectivity index (χ4v) is 1.96. The number of hydrogen-bond donors (Lipinski definition) is 1. The number of methoxy groups -OCH3 is 1. The second-order valence-corrected chi connectivity index (χ2v) is 4.68. The molecule has 5 heteroatoms. The lowest BCUT2D eigenvalue weighted by molar-refractivity contribution is -0.125. The Bertz CT molecular complexity index is 460. The van der Waals surface area contributed by atoms with Crippen LogP contribution >= 0.6 is 0 Å². The summed E-state index contributed by atoms with van der Waals surface area (Å²) in [6.45, 7) is 1.70. The molecule has 104 valence electrons. The van der Waals surface area contributed by atoms with Crippen LogP contribution in [-0.4, -0.2) is 36.1 Å². The van der Waals surface area contributed by atoms with Gasteiger partial charge in [-0.25, -0.2) is 4.39 Å². The van der Waals surface area contributed by atoms with Crippen LogP contribution in [0.15, 0.2) is 18.2 Å². The average Bonchev–Trinajstić information content (AvgIpc) is 3.22. The molecule has 1 fully saturated rings. The molecule has 1 aliphatic heterocycles. The number of aliphatic hydroxyl groups is 1. The molecule has 0 aromatic heterocycles. The van der Waals surface area contributed by atoms with Gasteiger partial charge in [0, 0.05) is 19.5 Å². The summed E-state index contributed by atoms with van der Waals surface area (Å²) in [6, 6.07) is 4.41. The molecule has 4 nitrogen and oxygen atoms in total. The largest absolute Gasteiger partial charge is 0.494 e. The van der Waals surface area contributed by atoms with Crippen molar-refractivity contribution in [3.05, 3.63) is 29.6 Å². The van der Waals surface area contributed by atoms with Crippen molar-refractivity contribution in [1.82, 2.24) is 4.90 Å². The fourth-order valence-electron chi connectivity index (χ4n) is 1.96. The van der Waals surface area contributed by atoms with Crippen LogP contribution in [0, 0.1) is 5.82 Å². The van der Waals surface area contributed by atoms with Gasteiger partial charge in [-0.3, -0.25) is 4.79 Å². The summed E-state index contributed by atoms with van der Waals surface area (Å²) in [7, 11) is 1.40. The Labute approximate surface area is 111 Å². The molecule has 1 heterocycles. The van der Waals surface area contributed by atoms with Gasteiger partial charge in [-0.1, -0.05) is 6.07 Å². The molecule has 0 radical (unpaired) electrons. The first-order chi connectivity index (χ1) is 9.11. The topological polar surface area (TPSA) is 49.5 Å². The molecule has 1 unspecified atom stereocenters. The van der Waals surface area contributed by atoms with Gasteiger partial charge in [-0.15, -0.1) is 0 Å². The molecular formula is C14H18FNO3. The van der Waals surface area contributed by atoms with Crippen molar-refractivity contribution in [3.8, 4) is 5.75 Å². The summed E-state index contributed by atoms with van der Waals surface area (Å²) in [5, 5.41) is 9.94. The number of carbonyl (C=O) groups excluding carboxylic acids is 1. The molecule has 0 bridgehead atoms. The van der Waals surface area contributed by atoms with E-state index in [1.165, 1.54) is 19.2 Å². The molecule has 1 atom stereocenters. The van der Waals surface area contributed by atoms with E-state index in [9.17, 15) is 14.3 Å². The predicted octanol–water partition coefficient (Wildman–Crippen LogP) is 1.88. The normalized spacial score (nSPS) is 15.2. The maximum atomic E-state index is 13.5. The van der Waals surface area contributed by atoms with Crippen LogP contribution in [0.1, 0.15) is 30.9 Å². The minimum atomic E-state index is -0.748. The zero-order chi connectivity index (χ0) is 13.8. The van der Waals surface area contributed by atoms with E-state index in [4.69, 9.17) is 4.74 Å². The third kappa shape index (κ3) is 3.67. The molecule has 0 aliphatic carbocycles. The van der Waals surface area contributed by atoms with Crippen molar-refractivity contribution >= 4 is 5.91 Å². The van der Waals surface area contributed by atoms with Crippen molar-refractivity contribution in [2.75, 3.05) is 20.2 Å². The summed E-state index contributed by atoms with van der Waals surface area (Å²) in [6.07, 6.45) is 0.743. The predicted molar refractivity (Wildman–Crippen MR) is 68.3 cm³/mol. The lowest BCUT2D eigenvalue weighted by Gasteiger charge is -2.12. The summed E-state index contributed by atoms with van der Waals surface area (Å²) < 4.78 is 18.3. The monoisotopic (exact) mass is 267 g/mol. The number of hydrogen-bond acceptors (Lipinski definition) is 3. The molecule has 19 heavy (non-hydrogen) atoms. The van der Waals surface area contributed by atoms with Gasteiger partial charge in [0.05, 0.1) is 13.2 Å². The highest BCUT2D eigenvalue weighted by Crippen LogP contribution is 2.25. The van der Waals surface area contributed by atoms with Crippen LogP contribution < -0.4 is 4.74 Å². The van der Waals surface area contributed by atoms with Gasteiger partial charge in [-0.05, 0) is 30.5 Å². The number of nitrogens with zero attached hydrogens (tertiary/aromatic N) is 1. The highest BCUT2D eigenvalue weighted by molar-refractivity contribution is 5.78. The minimum absolute atomic E-state index is 0.133. The van der Waals surface area contributed by atoms with Crippen LogP contribution in [0.2, 0.25) is 0 Å². The van der Waals surface area contributed by atoms with Gasteiger partial charge in [0.25, 0.3) is 0 Å². The Kier molecular flexibility index (Phi) is 4.37. The molecule has 1 amide bonds. The van der Waals surface area contributed by atoms with Crippen LogP contribution in [0.4, 0.5) is 4.39 Å². The summed E-state index contributed by atoms with van der Waals surface area (Å²) in [4.78, 5) is 13.2. The van der Waals surface area contributed by atoms with Crippen molar-refractivity contribution in [2.45, 2.75) is 25.4 Å². The minimum Gasteiger partial charge on any atom is -0.494 e. The zero-order valence-electron chi connectivity index (χ0n) is 10.9. The third-order valence-electron chi connectivity index (χ3n) is 3.23. The summed E-state index contributed by atoms with van der Waals surface area (Å²) >= 11 is 0. The highest BCUT2D eigenvalue weighted by Gasteiger charge is 2.23. The van der Waals surface area contributed by atoms with E-state index in [2.05, 4.69) is 0 Å². The number of carbonyl (C=O) groups is 1. The Morgan fingerprint density at radius 1 is 1.53 bits per heavy atom. The van der Waals surface area contributed by atoms with Crippen molar-refractivity contribution in [1.29, 1.82) is 0 Å². The number of benzene rings is 1. The first-order valence-corrected chi connectivity index (χ1v) is 6.41. The highest BCUT2D eigenvalue weighted by atomic mass is 19.1. The van der Waals surface area contributed by atoms with Gasteiger partial charge in [-0.2, -0.15) is 0 Å². The van der Waals surface area contributed by atoms with Gasteiger partial charge >= 0.3 is 0 Å². The van der Waals surface area contributed by atoms with Crippen LogP contribution in [-0.2, 0) is 4.79 Å². The number of aliphatic hydroxyl groups excluding tert-OH is 1. The van der Waals surface area contributed by atoms with Crippen LogP contribution in [0.5, 0.6) is 5.75 Å². The van der Waals surface area contributed by atoms with Crippen LogP contribution in [0.3, 0.4) is 0 Å². The molecule has 0 saturated carbocycles. The number of rotatable bonds is 6. The molecule has 1 N–H and O–H groups in total. The Balaban J connectivity index is 1.83. The standard InChI is InChI=1S/C14H18FNO3/c1-19-13-6-5-10(9-11(13)15)12(17)3-2-4-14(18)16-7-8-16/h5-6,9,12,17H,2-4,7-8H2,1H3. The Morgan fingerprint density at radius 2 is 2.26 bits per heavy atom. The fraction of sp³-hybridized carbons (Fsp3) is 0.500. The van der Waals surface area contributed by atoms with E-state index >= 15 is 0 Å². The van der Waals surface area contributed by atoms with Gasteiger partial charge in [0.1, 0.15) is 0 Å². The first kappa shape index (κ1) is 13.8. The zero-order valence-corrected chi connectivity index (χ0v) is 10.9. The molecule has 1 aliphatic rings. The van der Waals surface area contributed by atoms with E-state index in [0.29, 0.717) is 24.8 Å². The van der Waals surface area contributed by atoms with Gasteiger partial charge in [0.15, 0.2) is 11.6 Å². The number of amides is 1. The first-order valence-electron chi connectivity index (χ1n) is 6.41. The Morgan fingerprint density at radius 3 is 2.84 bits per heavy atom. The van der Waals surface area contributed by atoms with E-state index in [1.54, 1.807) is 11.0 Å². The Hall–Kier alpha value is -1.62.